The van der Waals surface area contributed by atoms with E-state index in [0.29, 0.717) is 12.1 Å². The van der Waals surface area contributed by atoms with Crippen LogP contribution in [0, 0.1) is 13.8 Å². The van der Waals surface area contributed by atoms with Gasteiger partial charge in [-0.25, -0.2) is 0 Å². The number of aromatic amines is 1. The van der Waals surface area contributed by atoms with Gasteiger partial charge in [0.2, 0.25) is 0 Å². The number of para-hydroxylation sites is 1. The lowest BCUT2D eigenvalue weighted by molar-refractivity contribution is 0.0951. The van der Waals surface area contributed by atoms with Gasteiger partial charge in [-0.2, -0.15) is 0 Å². The molecule has 0 saturated heterocycles. The molecule has 3 aromatic rings. The quantitative estimate of drug-likeness (QED) is 0.774. The molecule has 1 aromatic carbocycles. The van der Waals surface area contributed by atoms with Crippen molar-refractivity contribution in [2.75, 3.05) is 0 Å². The zero-order chi connectivity index (χ0) is 14.8. The number of benzene rings is 1. The standard InChI is InChI=1S/C17H17N3O/c1-11-6-5-8-14-15(12(2)20-16(11)14)17(21)19-10-13-7-3-4-9-18-13/h3-9,20H,10H2,1-2H3,(H,19,21). The van der Waals surface area contributed by atoms with E-state index in [9.17, 15) is 4.79 Å². The number of fused-ring (bicyclic) bond motifs is 1. The molecule has 0 spiro atoms. The average molecular weight is 279 g/mol. The number of H-pyrrole nitrogens is 1. The number of aromatic nitrogens is 2. The SMILES string of the molecule is Cc1[nH]c2c(C)cccc2c1C(=O)NCc1ccccn1. The van der Waals surface area contributed by atoms with Gasteiger partial charge in [0.1, 0.15) is 0 Å². The van der Waals surface area contributed by atoms with Gasteiger partial charge in [-0.05, 0) is 31.5 Å². The lowest BCUT2D eigenvalue weighted by atomic mass is 10.1. The van der Waals surface area contributed by atoms with Crippen molar-refractivity contribution in [3.63, 3.8) is 0 Å². The molecule has 0 fully saturated rings. The minimum atomic E-state index is -0.0741. The summed E-state index contributed by atoms with van der Waals surface area (Å²) in [6, 6.07) is 11.6. The van der Waals surface area contributed by atoms with Crippen LogP contribution in [0.25, 0.3) is 10.9 Å². The first-order valence-corrected chi connectivity index (χ1v) is 6.93. The van der Waals surface area contributed by atoms with E-state index in [0.717, 1.165) is 27.9 Å². The van der Waals surface area contributed by atoms with Crippen LogP contribution in [-0.2, 0) is 6.54 Å². The molecule has 0 radical (unpaired) electrons. The molecule has 1 amide bonds. The Morgan fingerprint density at radius 3 is 2.81 bits per heavy atom. The summed E-state index contributed by atoms with van der Waals surface area (Å²) in [5.41, 5.74) is 4.61. The Hall–Kier alpha value is -2.62. The highest BCUT2D eigenvalue weighted by Gasteiger charge is 2.16. The first kappa shape index (κ1) is 13.4. The lowest BCUT2D eigenvalue weighted by Gasteiger charge is -2.05. The molecule has 0 bridgehead atoms. The van der Waals surface area contributed by atoms with Gasteiger partial charge < -0.3 is 10.3 Å². The van der Waals surface area contributed by atoms with Crippen LogP contribution in [0.1, 0.15) is 27.3 Å². The van der Waals surface area contributed by atoms with Crippen molar-refractivity contribution < 1.29 is 4.79 Å². The average Bonchev–Trinajstić information content (AvgIpc) is 2.84. The fraction of sp³-hybridized carbons (Fsp3) is 0.176. The highest BCUT2D eigenvalue weighted by Crippen LogP contribution is 2.24. The van der Waals surface area contributed by atoms with Crippen molar-refractivity contribution in [2.24, 2.45) is 0 Å². The highest BCUT2D eigenvalue weighted by molar-refractivity contribution is 6.08. The maximum atomic E-state index is 12.5. The third-order valence-electron chi connectivity index (χ3n) is 3.61. The van der Waals surface area contributed by atoms with Gasteiger partial charge in [-0.3, -0.25) is 9.78 Å². The minimum Gasteiger partial charge on any atom is -0.358 e. The van der Waals surface area contributed by atoms with Crippen molar-refractivity contribution in [3.05, 3.63) is 65.1 Å². The van der Waals surface area contributed by atoms with E-state index >= 15 is 0 Å². The molecule has 0 aliphatic heterocycles. The van der Waals surface area contributed by atoms with Crippen molar-refractivity contribution in [3.8, 4) is 0 Å². The number of aryl methyl sites for hydroxylation is 2. The number of nitrogens with one attached hydrogen (secondary N) is 2. The van der Waals surface area contributed by atoms with Gasteiger partial charge in [0.15, 0.2) is 0 Å². The number of hydrogen-bond donors (Lipinski definition) is 2. The predicted molar refractivity (Wildman–Crippen MR) is 83.2 cm³/mol. The van der Waals surface area contributed by atoms with E-state index in [1.807, 2.05) is 50.2 Å². The molecule has 2 aromatic heterocycles. The maximum Gasteiger partial charge on any atom is 0.254 e. The van der Waals surface area contributed by atoms with E-state index in [1.165, 1.54) is 0 Å². The Bertz CT molecular complexity index is 790. The van der Waals surface area contributed by atoms with Gasteiger partial charge in [0, 0.05) is 22.8 Å². The fourth-order valence-corrected chi connectivity index (χ4v) is 2.55. The second-order valence-electron chi connectivity index (χ2n) is 5.13. The zero-order valence-electron chi connectivity index (χ0n) is 12.1. The van der Waals surface area contributed by atoms with Crippen molar-refractivity contribution >= 4 is 16.8 Å². The third-order valence-corrected chi connectivity index (χ3v) is 3.61. The molecule has 0 unspecified atom stereocenters. The van der Waals surface area contributed by atoms with Gasteiger partial charge in [0.25, 0.3) is 5.91 Å². The molecule has 2 heterocycles. The Morgan fingerprint density at radius 1 is 1.19 bits per heavy atom. The van der Waals surface area contributed by atoms with E-state index in [4.69, 9.17) is 0 Å². The van der Waals surface area contributed by atoms with E-state index in [2.05, 4.69) is 15.3 Å². The van der Waals surface area contributed by atoms with E-state index in [1.54, 1.807) is 6.20 Å². The van der Waals surface area contributed by atoms with Crippen LogP contribution < -0.4 is 5.32 Å². The van der Waals surface area contributed by atoms with Crippen LogP contribution in [0.5, 0.6) is 0 Å². The van der Waals surface area contributed by atoms with E-state index < -0.39 is 0 Å². The molecule has 2 N–H and O–H groups in total. The molecular weight excluding hydrogens is 262 g/mol. The number of hydrogen-bond acceptors (Lipinski definition) is 2. The highest BCUT2D eigenvalue weighted by atomic mass is 16.1. The first-order valence-electron chi connectivity index (χ1n) is 6.93. The maximum absolute atomic E-state index is 12.5. The molecule has 4 nitrogen and oxygen atoms in total. The summed E-state index contributed by atoms with van der Waals surface area (Å²) in [6.07, 6.45) is 1.72. The van der Waals surface area contributed by atoms with Crippen molar-refractivity contribution in [1.82, 2.24) is 15.3 Å². The van der Waals surface area contributed by atoms with Gasteiger partial charge in [-0.15, -0.1) is 0 Å². The number of carbonyl (C=O) groups excluding carboxylic acids is 1. The molecule has 0 aliphatic rings. The van der Waals surface area contributed by atoms with Crippen LogP contribution >= 0.6 is 0 Å². The lowest BCUT2D eigenvalue weighted by Crippen LogP contribution is -2.23. The number of carbonyl (C=O) groups is 1. The second kappa shape index (κ2) is 5.40. The molecule has 106 valence electrons. The summed E-state index contributed by atoms with van der Waals surface area (Å²) in [7, 11) is 0. The Labute approximate surface area is 123 Å². The number of amides is 1. The molecule has 0 aliphatic carbocycles. The Balaban J connectivity index is 1.88. The van der Waals surface area contributed by atoms with Crippen LogP contribution in [0.3, 0.4) is 0 Å². The predicted octanol–water partition coefficient (Wildman–Crippen LogP) is 3.11. The third kappa shape index (κ3) is 2.52. The van der Waals surface area contributed by atoms with Crippen molar-refractivity contribution in [2.45, 2.75) is 20.4 Å². The monoisotopic (exact) mass is 279 g/mol. The minimum absolute atomic E-state index is 0.0741. The Kier molecular flexibility index (Phi) is 3.44. The largest absolute Gasteiger partial charge is 0.358 e. The number of nitrogens with zero attached hydrogens (tertiary/aromatic N) is 1. The molecule has 21 heavy (non-hydrogen) atoms. The van der Waals surface area contributed by atoms with Gasteiger partial charge in [-0.1, -0.05) is 24.3 Å². The smallest absolute Gasteiger partial charge is 0.254 e. The summed E-state index contributed by atoms with van der Waals surface area (Å²) in [5, 5.41) is 3.90. The molecular formula is C17H17N3O. The molecule has 4 heteroatoms. The molecule has 0 saturated carbocycles. The van der Waals surface area contributed by atoms with Crippen LogP contribution in [-0.4, -0.2) is 15.9 Å². The topological polar surface area (TPSA) is 57.8 Å². The van der Waals surface area contributed by atoms with E-state index in [-0.39, 0.29) is 5.91 Å². The summed E-state index contributed by atoms with van der Waals surface area (Å²) < 4.78 is 0. The number of pyridine rings is 1. The summed E-state index contributed by atoms with van der Waals surface area (Å²) in [6.45, 7) is 4.39. The fourth-order valence-electron chi connectivity index (χ4n) is 2.55. The normalized spacial score (nSPS) is 10.8. The van der Waals surface area contributed by atoms with Gasteiger partial charge >= 0.3 is 0 Å². The second-order valence-corrected chi connectivity index (χ2v) is 5.13. The van der Waals surface area contributed by atoms with Crippen LogP contribution in [0.2, 0.25) is 0 Å². The van der Waals surface area contributed by atoms with Gasteiger partial charge in [0.05, 0.1) is 17.8 Å². The summed E-state index contributed by atoms with van der Waals surface area (Å²) in [5.74, 6) is -0.0741. The van der Waals surface area contributed by atoms with Crippen LogP contribution in [0.15, 0.2) is 42.6 Å². The number of rotatable bonds is 3. The first-order chi connectivity index (χ1) is 10.2. The zero-order valence-corrected chi connectivity index (χ0v) is 12.1. The summed E-state index contributed by atoms with van der Waals surface area (Å²) in [4.78, 5) is 20.0. The van der Waals surface area contributed by atoms with Crippen molar-refractivity contribution in [1.29, 1.82) is 0 Å². The molecule has 3 rings (SSSR count). The Morgan fingerprint density at radius 2 is 2.05 bits per heavy atom. The van der Waals surface area contributed by atoms with Crippen LogP contribution in [0.4, 0.5) is 0 Å². The summed E-state index contributed by atoms with van der Waals surface area (Å²) >= 11 is 0. The molecule has 0 atom stereocenters.